The zero-order valence-electron chi connectivity index (χ0n) is 9.92. The summed E-state index contributed by atoms with van der Waals surface area (Å²) in [4.78, 5) is 12.3. The van der Waals surface area contributed by atoms with E-state index in [1.54, 1.807) is 0 Å². The van der Waals surface area contributed by atoms with Crippen LogP contribution in [0.3, 0.4) is 0 Å². The van der Waals surface area contributed by atoms with Gasteiger partial charge < -0.3 is 5.11 Å². The van der Waals surface area contributed by atoms with Crippen LogP contribution < -0.4 is 0 Å². The standard InChI is InChI=1S/C14H18O2/c1-10-5-6-11(2)12(9-10)13(15)14(16)7-3-4-8-14/h5-6,9,16H,3-4,7-8H2,1-2H3. The molecule has 0 aromatic heterocycles. The number of ketones is 1. The van der Waals surface area contributed by atoms with Crippen LogP contribution in [0.1, 0.15) is 47.2 Å². The molecule has 2 heteroatoms. The summed E-state index contributed by atoms with van der Waals surface area (Å²) >= 11 is 0. The van der Waals surface area contributed by atoms with Crippen LogP contribution in [-0.4, -0.2) is 16.5 Å². The predicted molar refractivity (Wildman–Crippen MR) is 63.7 cm³/mol. The van der Waals surface area contributed by atoms with Gasteiger partial charge in [0.15, 0.2) is 5.78 Å². The maximum atomic E-state index is 12.3. The topological polar surface area (TPSA) is 37.3 Å². The van der Waals surface area contributed by atoms with E-state index in [2.05, 4.69) is 0 Å². The fraction of sp³-hybridized carbons (Fsp3) is 0.500. The molecule has 0 spiro atoms. The number of aliphatic hydroxyl groups is 1. The number of hydrogen-bond acceptors (Lipinski definition) is 2. The summed E-state index contributed by atoms with van der Waals surface area (Å²) in [5.41, 5.74) is 1.61. The Hall–Kier alpha value is -1.15. The van der Waals surface area contributed by atoms with E-state index in [9.17, 15) is 9.90 Å². The highest BCUT2D eigenvalue weighted by molar-refractivity contribution is 6.03. The van der Waals surface area contributed by atoms with E-state index in [1.807, 2.05) is 32.0 Å². The molecule has 1 aromatic carbocycles. The van der Waals surface area contributed by atoms with E-state index in [4.69, 9.17) is 0 Å². The molecular formula is C14H18O2. The van der Waals surface area contributed by atoms with Gasteiger partial charge in [-0.05, 0) is 51.2 Å². The Morgan fingerprint density at radius 1 is 1.25 bits per heavy atom. The van der Waals surface area contributed by atoms with E-state index >= 15 is 0 Å². The lowest BCUT2D eigenvalue weighted by atomic mass is 9.88. The average molecular weight is 218 g/mol. The Balaban J connectivity index is 2.36. The molecule has 0 amide bonds. The SMILES string of the molecule is Cc1ccc(C)c(C(=O)C2(O)CCCC2)c1. The molecule has 1 saturated carbocycles. The first-order chi connectivity index (χ1) is 7.53. The zero-order chi connectivity index (χ0) is 11.8. The predicted octanol–water partition coefficient (Wildman–Crippen LogP) is 2.79. The minimum atomic E-state index is -1.10. The van der Waals surface area contributed by atoms with Crippen LogP contribution in [0.5, 0.6) is 0 Å². The first kappa shape index (κ1) is 11.3. The van der Waals surface area contributed by atoms with Gasteiger partial charge in [0.25, 0.3) is 0 Å². The second kappa shape index (κ2) is 4.02. The summed E-state index contributed by atoms with van der Waals surface area (Å²) < 4.78 is 0. The van der Waals surface area contributed by atoms with Crippen LogP contribution in [0.2, 0.25) is 0 Å². The van der Waals surface area contributed by atoms with Gasteiger partial charge in [-0.15, -0.1) is 0 Å². The fourth-order valence-corrected chi connectivity index (χ4v) is 2.42. The molecule has 16 heavy (non-hydrogen) atoms. The van der Waals surface area contributed by atoms with Gasteiger partial charge in [0.05, 0.1) is 0 Å². The lowest BCUT2D eigenvalue weighted by Crippen LogP contribution is -2.35. The third kappa shape index (κ3) is 1.90. The fourth-order valence-electron chi connectivity index (χ4n) is 2.42. The molecular weight excluding hydrogens is 200 g/mol. The molecule has 1 aliphatic rings. The quantitative estimate of drug-likeness (QED) is 0.775. The van der Waals surface area contributed by atoms with E-state index in [1.165, 1.54) is 0 Å². The Kier molecular flexibility index (Phi) is 2.85. The van der Waals surface area contributed by atoms with Crippen LogP contribution in [0.25, 0.3) is 0 Å². The molecule has 1 N–H and O–H groups in total. The smallest absolute Gasteiger partial charge is 0.194 e. The van der Waals surface area contributed by atoms with Crippen LogP contribution in [0.4, 0.5) is 0 Å². The van der Waals surface area contributed by atoms with E-state index in [0.29, 0.717) is 18.4 Å². The van der Waals surface area contributed by atoms with Gasteiger partial charge in [0.2, 0.25) is 0 Å². The molecule has 0 bridgehead atoms. The van der Waals surface area contributed by atoms with Gasteiger partial charge in [0, 0.05) is 5.56 Å². The molecule has 0 heterocycles. The second-order valence-electron chi connectivity index (χ2n) is 4.89. The van der Waals surface area contributed by atoms with Crippen LogP contribution in [0.15, 0.2) is 18.2 Å². The Morgan fingerprint density at radius 3 is 2.50 bits per heavy atom. The second-order valence-corrected chi connectivity index (χ2v) is 4.89. The molecule has 0 aliphatic heterocycles. The van der Waals surface area contributed by atoms with Gasteiger partial charge in [-0.2, -0.15) is 0 Å². The summed E-state index contributed by atoms with van der Waals surface area (Å²) in [7, 11) is 0. The van der Waals surface area contributed by atoms with Crippen LogP contribution in [-0.2, 0) is 0 Å². The van der Waals surface area contributed by atoms with E-state index in [0.717, 1.165) is 24.0 Å². The van der Waals surface area contributed by atoms with Crippen molar-refractivity contribution in [2.45, 2.75) is 45.1 Å². The number of rotatable bonds is 2. The van der Waals surface area contributed by atoms with Crippen molar-refractivity contribution in [3.8, 4) is 0 Å². The van der Waals surface area contributed by atoms with Crippen molar-refractivity contribution in [1.82, 2.24) is 0 Å². The zero-order valence-corrected chi connectivity index (χ0v) is 9.92. The number of benzene rings is 1. The summed E-state index contributed by atoms with van der Waals surface area (Å²) in [6, 6.07) is 5.82. The molecule has 1 fully saturated rings. The van der Waals surface area contributed by atoms with Crippen molar-refractivity contribution in [1.29, 1.82) is 0 Å². The van der Waals surface area contributed by atoms with Gasteiger partial charge in [-0.1, -0.05) is 17.7 Å². The minimum Gasteiger partial charge on any atom is -0.382 e. The van der Waals surface area contributed by atoms with Gasteiger partial charge in [0.1, 0.15) is 5.60 Å². The number of aryl methyl sites for hydroxylation is 2. The van der Waals surface area contributed by atoms with Gasteiger partial charge >= 0.3 is 0 Å². The third-order valence-electron chi connectivity index (χ3n) is 3.49. The Bertz CT molecular complexity index is 415. The number of carbonyl (C=O) groups excluding carboxylic acids is 1. The highest BCUT2D eigenvalue weighted by Crippen LogP contribution is 2.33. The first-order valence-electron chi connectivity index (χ1n) is 5.87. The Labute approximate surface area is 96.3 Å². The normalized spacial score (nSPS) is 18.7. The summed E-state index contributed by atoms with van der Waals surface area (Å²) in [5.74, 6) is -0.0915. The number of carbonyl (C=O) groups is 1. The number of Topliss-reactive ketones (excluding diaryl/α,β-unsaturated/α-hetero) is 1. The van der Waals surface area contributed by atoms with Crippen molar-refractivity contribution in [2.75, 3.05) is 0 Å². The molecule has 0 radical (unpaired) electrons. The summed E-state index contributed by atoms with van der Waals surface area (Å²) in [6.07, 6.45) is 3.12. The van der Waals surface area contributed by atoms with Crippen molar-refractivity contribution in [2.24, 2.45) is 0 Å². The molecule has 1 aliphatic carbocycles. The highest BCUT2D eigenvalue weighted by Gasteiger charge is 2.39. The summed E-state index contributed by atoms with van der Waals surface area (Å²) in [6.45, 7) is 3.89. The maximum absolute atomic E-state index is 12.3. The van der Waals surface area contributed by atoms with Gasteiger partial charge in [-0.25, -0.2) is 0 Å². The molecule has 2 rings (SSSR count). The van der Waals surface area contributed by atoms with Crippen LogP contribution in [0, 0.1) is 13.8 Å². The van der Waals surface area contributed by atoms with Crippen molar-refractivity contribution >= 4 is 5.78 Å². The minimum absolute atomic E-state index is 0.0915. The molecule has 0 unspecified atom stereocenters. The molecule has 1 aromatic rings. The number of hydrogen-bond donors (Lipinski definition) is 1. The highest BCUT2D eigenvalue weighted by atomic mass is 16.3. The van der Waals surface area contributed by atoms with Crippen molar-refractivity contribution < 1.29 is 9.90 Å². The average Bonchev–Trinajstić information content (AvgIpc) is 2.69. The monoisotopic (exact) mass is 218 g/mol. The summed E-state index contributed by atoms with van der Waals surface area (Å²) in [5, 5.41) is 10.3. The van der Waals surface area contributed by atoms with Crippen LogP contribution >= 0.6 is 0 Å². The Morgan fingerprint density at radius 2 is 1.88 bits per heavy atom. The largest absolute Gasteiger partial charge is 0.382 e. The van der Waals surface area contributed by atoms with Crippen molar-refractivity contribution in [3.63, 3.8) is 0 Å². The first-order valence-corrected chi connectivity index (χ1v) is 5.87. The van der Waals surface area contributed by atoms with Crippen molar-refractivity contribution in [3.05, 3.63) is 34.9 Å². The van der Waals surface area contributed by atoms with Gasteiger partial charge in [-0.3, -0.25) is 4.79 Å². The maximum Gasteiger partial charge on any atom is 0.194 e. The lowest BCUT2D eigenvalue weighted by molar-refractivity contribution is 0.0352. The molecule has 0 saturated heterocycles. The van der Waals surface area contributed by atoms with E-state index < -0.39 is 5.60 Å². The molecule has 2 nitrogen and oxygen atoms in total. The third-order valence-corrected chi connectivity index (χ3v) is 3.49. The van der Waals surface area contributed by atoms with E-state index in [-0.39, 0.29) is 5.78 Å². The molecule has 86 valence electrons. The lowest BCUT2D eigenvalue weighted by Gasteiger charge is -2.21. The molecule has 0 atom stereocenters.